The van der Waals surface area contributed by atoms with E-state index in [4.69, 9.17) is 14.6 Å². The van der Waals surface area contributed by atoms with Crippen molar-refractivity contribution in [2.75, 3.05) is 6.54 Å². The van der Waals surface area contributed by atoms with E-state index < -0.39 is 16.5 Å². The zero-order valence-electron chi connectivity index (χ0n) is 7.56. The Labute approximate surface area is 87.2 Å². The largest absolute Gasteiger partial charge is 0.449 e. The third kappa shape index (κ3) is 2.50. The van der Waals surface area contributed by atoms with E-state index in [9.17, 15) is 8.42 Å². The number of fused-ring (bicyclic) bond motifs is 1. The highest BCUT2D eigenvalue weighted by atomic mass is 32.2. The molecule has 0 saturated heterocycles. The van der Waals surface area contributed by atoms with Gasteiger partial charge in [0.15, 0.2) is 11.5 Å². The molecule has 1 aliphatic rings. The van der Waals surface area contributed by atoms with Crippen LogP contribution < -0.4 is 19.3 Å². The highest BCUT2D eigenvalue weighted by Crippen LogP contribution is 2.32. The SMILES string of the molecule is NS(=O)(=O)NCC1Oc2cc#ccc2O1. The molecule has 0 amide bonds. The predicted molar refractivity (Wildman–Crippen MR) is 50.3 cm³/mol. The van der Waals surface area contributed by atoms with Crippen molar-refractivity contribution >= 4 is 10.2 Å². The van der Waals surface area contributed by atoms with E-state index in [0.717, 1.165) is 0 Å². The molecule has 1 heterocycles. The highest BCUT2D eigenvalue weighted by molar-refractivity contribution is 7.87. The minimum atomic E-state index is -3.72. The van der Waals surface area contributed by atoms with Crippen molar-refractivity contribution in [1.29, 1.82) is 0 Å². The van der Waals surface area contributed by atoms with E-state index >= 15 is 0 Å². The molecule has 3 N–H and O–H groups in total. The first-order valence-electron chi connectivity index (χ1n) is 4.07. The normalized spacial score (nSPS) is 15.0. The molecule has 0 aromatic heterocycles. The summed E-state index contributed by atoms with van der Waals surface area (Å²) in [5, 5.41) is 4.76. The van der Waals surface area contributed by atoms with E-state index in [1.165, 1.54) is 0 Å². The first kappa shape index (κ1) is 10.0. The molecule has 1 aromatic rings. The van der Waals surface area contributed by atoms with E-state index in [0.29, 0.717) is 11.5 Å². The van der Waals surface area contributed by atoms with Crippen LogP contribution in [0.3, 0.4) is 0 Å². The number of nitrogens with one attached hydrogen (secondary N) is 1. The molecule has 0 fully saturated rings. The lowest BCUT2D eigenvalue weighted by Crippen LogP contribution is -2.39. The summed E-state index contributed by atoms with van der Waals surface area (Å²) in [7, 11) is -3.72. The smallest absolute Gasteiger partial charge is 0.274 e. The number of hydrogen-bond donors (Lipinski definition) is 2. The highest BCUT2D eigenvalue weighted by Gasteiger charge is 2.24. The molecular weight excluding hydrogens is 220 g/mol. The third-order valence-electron chi connectivity index (χ3n) is 1.70. The summed E-state index contributed by atoms with van der Waals surface area (Å²) in [5.74, 6) is 1.02. The molecule has 0 radical (unpaired) electrons. The van der Waals surface area contributed by atoms with Crippen LogP contribution in [-0.2, 0) is 10.2 Å². The maximum atomic E-state index is 10.6. The molecule has 6 nitrogen and oxygen atoms in total. The van der Waals surface area contributed by atoms with E-state index in [1.807, 2.05) is 0 Å². The van der Waals surface area contributed by atoms with Gasteiger partial charge in [-0.1, -0.05) is 12.1 Å². The Morgan fingerprint density at radius 1 is 1.33 bits per heavy atom. The quantitative estimate of drug-likeness (QED) is 0.707. The van der Waals surface area contributed by atoms with Crippen LogP contribution in [0.15, 0.2) is 12.1 Å². The number of nitrogens with two attached hydrogens (primary N) is 1. The maximum absolute atomic E-state index is 10.6. The average molecular weight is 228 g/mol. The van der Waals surface area contributed by atoms with Gasteiger partial charge in [-0.3, -0.25) is 0 Å². The minimum absolute atomic E-state index is 0.0481. The second-order valence-corrected chi connectivity index (χ2v) is 4.24. The molecule has 7 heteroatoms. The van der Waals surface area contributed by atoms with Gasteiger partial charge in [0, 0.05) is 12.1 Å². The van der Waals surface area contributed by atoms with Gasteiger partial charge in [-0.2, -0.15) is 13.1 Å². The Kier molecular flexibility index (Phi) is 2.40. The lowest BCUT2D eigenvalue weighted by Gasteiger charge is -2.09. The van der Waals surface area contributed by atoms with Gasteiger partial charge < -0.3 is 9.47 Å². The Hall–Kier alpha value is -1.49. The summed E-state index contributed by atoms with van der Waals surface area (Å²) in [5.41, 5.74) is 0. The topological polar surface area (TPSA) is 90.7 Å². The van der Waals surface area contributed by atoms with Crippen molar-refractivity contribution in [3.8, 4) is 11.5 Å². The zero-order valence-corrected chi connectivity index (χ0v) is 8.37. The average Bonchev–Trinajstić information content (AvgIpc) is 2.56. The van der Waals surface area contributed by atoms with Crippen LogP contribution in [-0.4, -0.2) is 21.3 Å². The van der Waals surface area contributed by atoms with Crippen molar-refractivity contribution in [1.82, 2.24) is 4.72 Å². The molecule has 2 rings (SSSR count). The molecule has 0 unspecified atom stereocenters. The van der Waals surface area contributed by atoms with E-state index in [1.54, 1.807) is 12.1 Å². The summed E-state index contributed by atoms with van der Waals surface area (Å²) >= 11 is 0. The maximum Gasteiger partial charge on any atom is 0.274 e. The summed E-state index contributed by atoms with van der Waals surface area (Å²) in [4.78, 5) is 0. The van der Waals surface area contributed by atoms with Gasteiger partial charge in [0.1, 0.15) is 0 Å². The summed E-state index contributed by atoms with van der Waals surface area (Å²) in [6.45, 7) is -0.0481. The molecule has 0 spiro atoms. The van der Waals surface area contributed by atoms with Gasteiger partial charge in [-0.05, 0) is 0 Å². The van der Waals surface area contributed by atoms with Crippen molar-refractivity contribution in [3.63, 3.8) is 0 Å². The molecule has 0 bridgehead atoms. The molecule has 0 aliphatic carbocycles. The molecule has 1 aliphatic heterocycles. The first-order valence-corrected chi connectivity index (χ1v) is 5.62. The van der Waals surface area contributed by atoms with E-state index in [-0.39, 0.29) is 6.54 Å². The summed E-state index contributed by atoms with van der Waals surface area (Å²) < 4.78 is 33.8. The third-order valence-corrected chi connectivity index (χ3v) is 2.27. The van der Waals surface area contributed by atoms with Crippen LogP contribution in [0.5, 0.6) is 11.5 Å². The van der Waals surface area contributed by atoms with Crippen LogP contribution in [0.2, 0.25) is 0 Å². The Balaban J connectivity index is 1.96. The van der Waals surface area contributed by atoms with Crippen LogP contribution in [0.4, 0.5) is 0 Å². The van der Waals surface area contributed by atoms with Crippen molar-refractivity contribution in [2.45, 2.75) is 6.29 Å². The monoisotopic (exact) mass is 228 g/mol. The van der Waals surface area contributed by atoms with Gasteiger partial charge in [0.05, 0.1) is 6.54 Å². The zero-order chi connectivity index (χ0) is 10.9. The molecule has 80 valence electrons. The summed E-state index contributed by atoms with van der Waals surface area (Å²) in [6.07, 6.45) is -0.706. The lowest BCUT2D eigenvalue weighted by atomic mass is 10.4. The van der Waals surface area contributed by atoms with Crippen LogP contribution in [0.25, 0.3) is 0 Å². The first-order chi connectivity index (χ1) is 7.04. The Morgan fingerprint density at radius 2 is 1.87 bits per heavy atom. The standard InChI is InChI=1S/C8H8N2O4S/c9-15(11,12)10-5-8-13-6-3-1-2-4-7(6)14-8/h3-4,8,10H,5H2,(H2,9,11,12). The fourth-order valence-electron chi connectivity index (χ4n) is 1.12. The number of hydrogen-bond acceptors (Lipinski definition) is 4. The minimum Gasteiger partial charge on any atom is -0.449 e. The molecule has 0 saturated carbocycles. The van der Waals surface area contributed by atoms with Gasteiger partial charge in [0.25, 0.3) is 16.5 Å². The second kappa shape index (κ2) is 3.58. The van der Waals surface area contributed by atoms with Crippen LogP contribution in [0.1, 0.15) is 0 Å². The fourth-order valence-corrected chi connectivity index (χ4v) is 1.48. The molecule has 1 aromatic carbocycles. The molecular formula is C8H8N2O4S. The second-order valence-electron chi connectivity index (χ2n) is 2.86. The predicted octanol–water partition coefficient (Wildman–Crippen LogP) is -0.823. The van der Waals surface area contributed by atoms with E-state index in [2.05, 4.69) is 16.9 Å². The molecule has 15 heavy (non-hydrogen) atoms. The van der Waals surface area contributed by atoms with Crippen LogP contribution >= 0.6 is 0 Å². The Bertz CT molecular complexity index is 434. The molecule has 0 atom stereocenters. The van der Waals surface area contributed by atoms with Crippen molar-refractivity contribution in [3.05, 3.63) is 24.3 Å². The Morgan fingerprint density at radius 3 is 2.33 bits per heavy atom. The van der Waals surface area contributed by atoms with Gasteiger partial charge in [-0.25, -0.2) is 5.14 Å². The fraction of sp³-hybridized carbons (Fsp3) is 0.250. The van der Waals surface area contributed by atoms with Gasteiger partial charge in [0.2, 0.25) is 0 Å². The van der Waals surface area contributed by atoms with Crippen LogP contribution in [0, 0.1) is 12.1 Å². The number of ether oxygens (including phenoxy) is 2. The van der Waals surface area contributed by atoms with Gasteiger partial charge in [-0.15, -0.1) is 0 Å². The lowest BCUT2D eigenvalue weighted by molar-refractivity contribution is 0.0546. The van der Waals surface area contributed by atoms with Crippen molar-refractivity contribution < 1.29 is 17.9 Å². The van der Waals surface area contributed by atoms with Gasteiger partial charge >= 0.3 is 0 Å². The summed E-state index contributed by atoms with van der Waals surface area (Å²) in [6, 6.07) is 8.51. The van der Waals surface area contributed by atoms with Crippen molar-refractivity contribution in [2.24, 2.45) is 5.14 Å². The number of rotatable bonds is 3.